The Morgan fingerprint density at radius 1 is 1.22 bits per heavy atom. The topological polar surface area (TPSA) is 86.1 Å². The summed E-state index contributed by atoms with van der Waals surface area (Å²) in [6.45, 7) is 3.48. The molecular weight excluding hydrogens is 344 g/mol. The van der Waals surface area contributed by atoms with Crippen LogP contribution < -0.4 is 10.9 Å². The fraction of sp³-hybridized carbons (Fsp3) is 0.300. The van der Waals surface area contributed by atoms with Crippen molar-refractivity contribution in [3.63, 3.8) is 0 Å². The Balaban J connectivity index is 1.96. The van der Waals surface area contributed by atoms with E-state index in [-0.39, 0.29) is 11.5 Å². The van der Waals surface area contributed by atoms with Gasteiger partial charge in [-0.05, 0) is 30.7 Å². The second-order valence-electron chi connectivity index (χ2n) is 6.09. The van der Waals surface area contributed by atoms with Crippen LogP contribution in [-0.4, -0.2) is 40.7 Å². The lowest BCUT2D eigenvalue weighted by molar-refractivity contribution is 0.0937. The van der Waals surface area contributed by atoms with E-state index in [0.717, 1.165) is 6.42 Å². The van der Waals surface area contributed by atoms with Crippen LogP contribution in [0.1, 0.15) is 23.7 Å². The van der Waals surface area contributed by atoms with Crippen LogP contribution in [0.15, 0.2) is 47.4 Å². The van der Waals surface area contributed by atoms with E-state index in [2.05, 4.69) is 15.3 Å². The number of fused-ring (bicyclic) bond motifs is 1. The zero-order chi connectivity index (χ0) is 19.2. The molecule has 0 bridgehead atoms. The highest BCUT2D eigenvalue weighted by Gasteiger charge is 2.14. The maximum atomic E-state index is 12.9. The first-order valence-electron chi connectivity index (χ1n) is 8.89. The number of pyridine rings is 1. The molecule has 7 heteroatoms. The van der Waals surface area contributed by atoms with Crippen LogP contribution in [0.5, 0.6) is 0 Å². The molecule has 3 aromatic rings. The van der Waals surface area contributed by atoms with Gasteiger partial charge in [0.15, 0.2) is 5.65 Å². The van der Waals surface area contributed by atoms with Crippen LogP contribution in [0.3, 0.4) is 0 Å². The van der Waals surface area contributed by atoms with Gasteiger partial charge in [-0.2, -0.15) is 0 Å². The van der Waals surface area contributed by atoms with Crippen molar-refractivity contribution in [2.45, 2.75) is 19.9 Å². The number of ether oxygens (including phenoxy) is 1. The highest BCUT2D eigenvalue weighted by Crippen LogP contribution is 2.17. The van der Waals surface area contributed by atoms with E-state index in [1.54, 1.807) is 48.2 Å². The number of hydrogen-bond donors (Lipinski definition) is 1. The summed E-state index contributed by atoms with van der Waals surface area (Å²) in [6.07, 6.45) is 2.47. The number of carbonyl (C=O) groups excluding carboxylic acids is 1. The number of rotatable bonds is 7. The van der Waals surface area contributed by atoms with Gasteiger partial charge in [-0.1, -0.05) is 19.1 Å². The summed E-state index contributed by atoms with van der Waals surface area (Å²) < 4.78 is 6.58. The Kier molecular flexibility index (Phi) is 5.93. The van der Waals surface area contributed by atoms with E-state index in [9.17, 15) is 9.59 Å². The minimum absolute atomic E-state index is 0.180. The second-order valence-corrected chi connectivity index (χ2v) is 6.09. The number of carbonyl (C=O) groups is 1. The molecule has 0 saturated carbocycles. The fourth-order valence-electron chi connectivity index (χ4n) is 2.84. The van der Waals surface area contributed by atoms with Crippen molar-refractivity contribution < 1.29 is 9.53 Å². The Morgan fingerprint density at radius 2 is 2.00 bits per heavy atom. The average Bonchev–Trinajstić information content (AvgIpc) is 2.70. The maximum Gasteiger partial charge on any atom is 0.278 e. The van der Waals surface area contributed by atoms with Gasteiger partial charge in [-0.15, -0.1) is 0 Å². The summed E-state index contributed by atoms with van der Waals surface area (Å²) >= 11 is 0. The first-order chi connectivity index (χ1) is 13.2. The van der Waals surface area contributed by atoms with Crippen molar-refractivity contribution >= 4 is 17.1 Å². The molecule has 0 fully saturated rings. The van der Waals surface area contributed by atoms with Crippen molar-refractivity contribution in [2.24, 2.45) is 0 Å². The molecule has 27 heavy (non-hydrogen) atoms. The lowest BCUT2D eigenvalue weighted by atomic mass is 10.1. The van der Waals surface area contributed by atoms with Gasteiger partial charge in [-0.3, -0.25) is 14.2 Å². The molecule has 0 aliphatic carbocycles. The van der Waals surface area contributed by atoms with Crippen LogP contribution in [-0.2, 0) is 11.3 Å². The SMILES string of the molecule is CCCn1c(=O)c(-c2ccc(C(=O)NCCOC)cc2)nc2cccnc21. The number of nitrogens with zero attached hydrogens (tertiary/aromatic N) is 3. The number of aryl methyl sites for hydroxylation is 1. The first-order valence-corrected chi connectivity index (χ1v) is 8.89. The van der Waals surface area contributed by atoms with E-state index in [1.807, 2.05) is 13.0 Å². The molecule has 0 aliphatic rings. The molecule has 2 aromatic heterocycles. The van der Waals surface area contributed by atoms with Gasteiger partial charge in [-0.25, -0.2) is 9.97 Å². The molecule has 1 N–H and O–H groups in total. The Labute approximate surface area is 157 Å². The van der Waals surface area contributed by atoms with Gasteiger partial charge in [0, 0.05) is 37.5 Å². The Bertz CT molecular complexity index is 996. The van der Waals surface area contributed by atoms with Gasteiger partial charge in [0.2, 0.25) is 0 Å². The molecule has 0 saturated heterocycles. The lowest BCUT2D eigenvalue weighted by Gasteiger charge is -2.11. The van der Waals surface area contributed by atoms with Crippen molar-refractivity contribution in [3.05, 3.63) is 58.5 Å². The van der Waals surface area contributed by atoms with Crippen LogP contribution in [0, 0.1) is 0 Å². The largest absolute Gasteiger partial charge is 0.383 e. The monoisotopic (exact) mass is 366 g/mol. The number of hydrogen-bond acceptors (Lipinski definition) is 5. The molecule has 3 rings (SSSR count). The standard InChI is InChI=1S/C20H22N4O3/c1-3-12-24-18-16(5-4-10-21-18)23-17(20(24)26)14-6-8-15(9-7-14)19(25)22-11-13-27-2/h4-10H,3,11-13H2,1-2H3,(H,22,25). The summed E-state index contributed by atoms with van der Waals surface area (Å²) in [5, 5.41) is 2.77. The Hall–Kier alpha value is -3.06. The van der Waals surface area contributed by atoms with E-state index >= 15 is 0 Å². The summed E-state index contributed by atoms with van der Waals surface area (Å²) in [5.41, 5.74) is 2.62. The number of methoxy groups -OCH3 is 1. The van der Waals surface area contributed by atoms with Crippen molar-refractivity contribution in [1.29, 1.82) is 0 Å². The zero-order valence-corrected chi connectivity index (χ0v) is 15.4. The minimum Gasteiger partial charge on any atom is -0.383 e. The summed E-state index contributed by atoms with van der Waals surface area (Å²) in [4.78, 5) is 33.8. The molecule has 7 nitrogen and oxygen atoms in total. The van der Waals surface area contributed by atoms with Crippen molar-refractivity contribution in [2.75, 3.05) is 20.3 Å². The minimum atomic E-state index is -0.183. The van der Waals surface area contributed by atoms with E-state index in [1.165, 1.54) is 0 Å². The molecule has 1 amide bonds. The molecule has 2 heterocycles. The fourth-order valence-corrected chi connectivity index (χ4v) is 2.84. The molecule has 0 atom stereocenters. The third-order valence-electron chi connectivity index (χ3n) is 4.16. The first kappa shape index (κ1) is 18.7. The van der Waals surface area contributed by atoms with Crippen LogP contribution in [0.4, 0.5) is 0 Å². The van der Waals surface area contributed by atoms with Gasteiger partial charge >= 0.3 is 0 Å². The third kappa shape index (κ3) is 4.03. The molecule has 0 radical (unpaired) electrons. The highest BCUT2D eigenvalue weighted by atomic mass is 16.5. The van der Waals surface area contributed by atoms with E-state index in [4.69, 9.17) is 4.74 Å². The van der Waals surface area contributed by atoms with Gasteiger partial charge in [0.1, 0.15) is 11.2 Å². The van der Waals surface area contributed by atoms with Crippen LogP contribution in [0.2, 0.25) is 0 Å². The number of amides is 1. The third-order valence-corrected chi connectivity index (χ3v) is 4.16. The predicted octanol–water partition coefficient (Wildman–Crippen LogP) is 2.24. The van der Waals surface area contributed by atoms with Crippen molar-refractivity contribution in [1.82, 2.24) is 19.9 Å². The van der Waals surface area contributed by atoms with Gasteiger partial charge in [0.25, 0.3) is 11.5 Å². The Morgan fingerprint density at radius 3 is 2.70 bits per heavy atom. The molecule has 0 unspecified atom stereocenters. The average molecular weight is 366 g/mol. The molecular formula is C20H22N4O3. The highest BCUT2D eigenvalue weighted by molar-refractivity contribution is 5.94. The predicted molar refractivity (Wildman–Crippen MR) is 104 cm³/mol. The van der Waals surface area contributed by atoms with Crippen LogP contribution in [0.25, 0.3) is 22.4 Å². The van der Waals surface area contributed by atoms with Gasteiger partial charge in [0.05, 0.1) is 6.61 Å². The number of benzene rings is 1. The summed E-state index contributed by atoms with van der Waals surface area (Å²) in [5.74, 6) is -0.183. The van der Waals surface area contributed by atoms with Crippen LogP contribution >= 0.6 is 0 Å². The number of nitrogens with one attached hydrogen (secondary N) is 1. The maximum absolute atomic E-state index is 12.9. The summed E-state index contributed by atoms with van der Waals surface area (Å²) in [7, 11) is 1.58. The zero-order valence-electron chi connectivity index (χ0n) is 15.4. The molecule has 1 aromatic carbocycles. The summed E-state index contributed by atoms with van der Waals surface area (Å²) in [6, 6.07) is 10.5. The lowest BCUT2D eigenvalue weighted by Crippen LogP contribution is -2.27. The van der Waals surface area contributed by atoms with Crippen molar-refractivity contribution in [3.8, 4) is 11.3 Å². The quantitative estimate of drug-likeness (QED) is 0.648. The van der Waals surface area contributed by atoms with E-state index < -0.39 is 0 Å². The molecule has 140 valence electrons. The smallest absolute Gasteiger partial charge is 0.278 e. The second kappa shape index (κ2) is 8.55. The number of aromatic nitrogens is 3. The molecule has 0 aliphatic heterocycles. The normalized spacial score (nSPS) is 10.9. The molecule has 0 spiro atoms. The van der Waals surface area contributed by atoms with Gasteiger partial charge < -0.3 is 10.1 Å². The van der Waals surface area contributed by atoms with E-state index in [0.29, 0.717) is 47.7 Å².